The molecule has 1 amide bonds. The van der Waals surface area contributed by atoms with Gasteiger partial charge in [0.15, 0.2) is 0 Å². The highest BCUT2D eigenvalue weighted by Crippen LogP contribution is 2.31. The van der Waals surface area contributed by atoms with Gasteiger partial charge in [0.2, 0.25) is 0 Å². The predicted molar refractivity (Wildman–Crippen MR) is 77.7 cm³/mol. The maximum atomic E-state index is 12.0. The Kier molecular flexibility index (Phi) is 3.17. The molecule has 1 aromatic heterocycles. The first kappa shape index (κ1) is 13.1. The number of ketones is 1. The molecule has 1 aromatic carbocycles. The smallest absolute Gasteiger partial charge is 0.299 e. The van der Waals surface area contributed by atoms with E-state index in [1.165, 1.54) is 4.90 Å². The van der Waals surface area contributed by atoms with Crippen LogP contribution in [0, 0.1) is 0 Å². The Morgan fingerprint density at radius 3 is 2.80 bits per heavy atom. The van der Waals surface area contributed by atoms with Crippen molar-refractivity contribution in [2.24, 2.45) is 7.05 Å². The molecular weight excluding hydrogens is 322 g/mol. The lowest BCUT2D eigenvalue weighted by Crippen LogP contribution is -2.31. The van der Waals surface area contributed by atoms with Crippen LogP contribution < -0.4 is 4.90 Å². The summed E-state index contributed by atoms with van der Waals surface area (Å²) in [5.41, 5.74) is 2.20. The summed E-state index contributed by atoms with van der Waals surface area (Å²) in [6.45, 7) is 0.477. The third-order valence-corrected chi connectivity index (χ3v) is 3.81. The maximum absolute atomic E-state index is 12.0. The first-order chi connectivity index (χ1) is 9.56. The summed E-state index contributed by atoms with van der Waals surface area (Å²) >= 11 is 3.32. The zero-order valence-electron chi connectivity index (χ0n) is 10.8. The van der Waals surface area contributed by atoms with Gasteiger partial charge in [-0.3, -0.25) is 14.3 Å². The highest BCUT2D eigenvalue weighted by Gasteiger charge is 2.35. The minimum absolute atomic E-state index is 0.438. The van der Waals surface area contributed by atoms with Crippen molar-refractivity contribution in [3.63, 3.8) is 0 Å². The molecule has 0 N–H and O–H groups in total. The molecule has 0 fully saturated rings. The summed E-state index contributed by atoms with van der Waals surface area (Å²) in [5.74, 6) is -0.894. The molecule has 1 aliphatic rings. The van der Waals surface area contributed by atoms with E-state index in [9.17, 15) is 9.59 Å². The quantitative estimate of drug-likeness (QED) is 0.807. The van der Waals surface area contributed by atoms with E-state index in [0.717, 1.165) is 10.0 Å². The molecule has 0 saturated heterocycles. The number of halogens is 1. The highest BCUT2D eigenvalue weighted by molar-refractivity contribution is 9.10. The standard InChI is InChI=1S/C14H12BrN3O2/c1-17-8-9(7-16-17)4-5-18-12-3-2-10(15)6-11(12)13(19)14(18)20/h2-3,6-8H,4-5H2,1H3. The largest absolute Gasteiger partial charge is 0.304 e. The summed E-state index contributed by atoms with van der Waals surface area (Å²) in [4.78, 5) is 25.5. The molecular formula is C14H12BrN3O2. The number of nitrogens with zero attached hydrogens (tertiary/aromatic N) is 3. The van der Waals surface area contributed by atoms with Crippen molar-refractivity contribution < 1.29 is 9.59 Å². The van der Waals surface area contributed by atoms with Gasteiger partial charge in [-0.2, -0.15) is 5.10 Å². The molecule has 2 heterocycles. The molecule has 20 heavy (non-hydrogen) atoms. The number of aryl methyl sites for hydroxylation is 1. The lowest BCUT2D eigenvalue weighted by molar-refractivity contribution is -0.114. The second-order valence-electron chi connectivity index (χ2n) is 4.72. The van der Waals surface area contributed by atoms with Crippen molar-refractivity contribution in [3.05, 3.63) is 46.2 Å². The van der Waals surface area contributed by atoms with E-state index in [1.54, 1.807) is 23.0 Å². The molecule has 0 atom stereocenters. The molecule has 5 nitrogen and oxygen atoms in total. The number of amides is 1. The van der Waals surface area contributed by atoms with Crippen LogP contribution in [0.1, 0.15) is 15.9 Å². The molecule has 0 saturated carbocycles. The van der Waals surface area contributed by atoms with Gasteiger partial charge in [-0.05, 0) is 30.2 Å². The Labute approximate surface area is 124 Å². The number of anilines is 1. The lowest BCUT2D eigenvalue weighted by atomic mass is 10.1. The average Bonchev–Trinajstić information content (AvgIpc) is 2.93. The van der Waals surface area contributed by atoms with Gasteiger partial charge < -0.3 is 4.90 Å². The number of aromatic nitrogens is 2. The van der Waals surface area contributed by atoms with Gasteiger partial charge in [-0.1, -0.05) is 15.9 Å². The normalized spacial score (nSPS) is 14.0. The Morgan fingerprint density at radius 1 is 1.30 bits per heavy atom. The van der Waals surface area contributed by atoms with Crippen LogP contribution in [-0.2, 0) is 18.3 Å². The third-order valence-electron chi connectivity index (χ3n) is 3.32. The molecule has 0 radical (unpaired) electrons. The van der Waals surface area contributed by atoms with Crippen LogP contribution in [0.25, 0.3) is 0 Å². The number of carbonyl (C=O) groups is 2. The fraction of sp³-hybridized carbons (Fsp3) is 0.214. The van der Waals surface area contributed by atoms with Gasteiger partial charge in [-0.15, -0.1) is 0 Å². The van der Waals surface area contributed by atoms with Gasteiger partial charge >= 0.3 is 0 Å². The van der Waals surface area contributed by atoms with E-state index < -0.39 is 11.7 Å². The third kappa shape index (κ3) is 2.16. The summed E-state index contributed by atoms with van der Waals surface area (Å²) < 4.78 is 2.52. The molecule has 1 aliphatic heterocycles. The molecule has 102 valence electrons. The van der Waals surface area contributed by atoms with Crippen LogP contribution in [0.15, 0.2) is 35.1 Å². The van der Waals surface area contributed by atoms with Crippen molar-refractivity contribution in [1.82, 2.24) is 9.78 Å². The van der Waals surface area contributed by atoms with Crippen LogP contribution in [0.4, 0.5) is 5.69 Å². The van der Waals surface area contributed by atoms with Crippen LogP contribution in [0.5, 0.6) is 0 Å². The van der Waals surface area contributed by atoms with E-state index >= 15 is 0 Å². The molecule has 0 bridgehead atoms. The van der Waals surface area contributed by atoms with Crippen molar-refractivity contribution >= 4 is 33.3 Å². The van der Waals surface area contributed by atoms with Gasteiger partial charge in [0.1, 0.15) is 0 Å². The minimum atomic E-state index is -0.456. The number of hydrogen-bond donors (Lipinski definition) is 0. The topological polar surface area (TPSA) is 55.2 Å². The average molecular weight is 334 g/mol. The zero-order valence-corrected chi connectivity index (χ0v) is 12.4. The van der Waals surface area contributed by atoms with Crippen LogP contribution >= 0.6 is 15.9 Å². The van der Waals surface area contributed by atoms with Gasteiger partial charge in [0.25, 0.3) is 11.7 Å². The Hall–Kier alpha value is -1.95. The first-order valence-electron chi connectivity index (χ1n) is 6.19. The second kappa shape index (κ2) is 4.86. The van der Waals surface area contributed by atoms with Gasteiger partial charge in [-0.25, -0.2) is 0 Å². The monoisotopic (exact) mass is 333 g/mol. The zero-order chi connectivity index (χ0) is 14.3. The molecule has 6 heteroatoms. The Bertz CT molecular complexity index is 708. The molecule has 3 rings (SSSR count). The van der Waals surface area contributed by atoms with E-state index in [1.807, 2.05) is 19.3 Å². The van der Waals surface area contributed by atoms with Crippen LogP contribution in [0.3, 0.4) is 0 Å². The molecule has 0 unspecified atom stereocenters. The Balaban J connectivity index is 1.84. The molecule has 2 aromatic rings. The van der Waals surface area contributed by atoms with Crippen LogP contribution in [-0.4, -0.2) is 28.0 Å². The van der Waals surface area contributed by atoms with E-state index in [0.29, 0.717) is 24.2 Å². The SMILES string of the molecule is Cn1cc(CCN2C(=O)C(=O)c3cc(Br)ccc32)cn1. The molecule has 0 spiro atoms. The lowest BCUT2D eigenvalue weighted by Gasteiger charge is -2.15. The maximum Gasteiger partial charge on any atom is 0.299 e. The van der Waals surface area contributed by atoms with E-state index in [4.69, 9.17) is 0 Å². The Morgan fingerprint density at radius 2 is 2.10 bits per heavy atom. The van der Waals surface area contributed by atoms with Gasteiger partial charge in [0, 0.05) is 24.3 Å². The highest BCUT2D eigenvalue weighted by atomic mass is 79.9. The van der Waals surface area contributed by atoms with Crippen molar-refractivity contribution in [2.45, 2.75) is 6.42 Å². The fourth-order valence-corrected chi connectivity index (χ4v) is 2.70. The van der Waals surface area contributed by atoms with Crippen molar-refractivity contribution in [1.29, 1.82) is 0 Å². The predicted octanol–water partition coefficient (Wildman–Crippen LogP) is 1.95. The summed E-state index contributed by atoms with van der Waals surface area (Å²) in [5, 5.41) is 4.09. The van der Waals surface area contributed by atoms with E-state index in [-0.39, 0.29) is 0 Å². The van der Waals surface area contributed by atoms with Crippen LogP contribution in [0.2, 0.25) is 0 Å². The summed E-state index contributed by atoms with van der Waals surface area (Å²) in [7, 11) is 1.85. The van der Waals surface area contributed by atoms with E-state index in [2.05, 4.69) is 21.0 Å². The number of rotatable bonds is 3. The molecule has 0 aliphatic carbocycles. The van der Waals surface area contributed by atoms with Crippen molar-refractivity contribution in [2.75, 3.05) is 11.4 Å². The number of Topliss-reactive ketones (excluding diaryl/α,β-unsaturated/α-hetero) is 1. The second-order valence-corrected chi connectivity index (χ2v) is 5.64. The minimum Gasteiger partial charge on any atom is -0.304 e. The van der Waals surface area contributed by atoms with Crippen molar-refractivity contribution in [3.8, 4) is 0 Å². The summed E-state index contributed by atoms with van der Waals surface area (Å²) in [6.07, 6.45) is 4.35. The van der Waals surface area contributed by atoms with Gasteiger partial charge in [0.05, 0.1) is 17.4 Å². The number of carbonyl (C=O) groups excluding carboxylic acids is 2. The summed E-state index contributed by atoms with van der Waals surface area (Å²) in [6, 6.07) is 5.33. The number of fused-ring (bicyclic) bond motifs is 1. The fourth-order valence-electron chi connectivity index (χ4n) is 2.34. The number of benzene rings is 1. The first-order valence-corrected chi connectivity index (χ1v) is 6.99. The number of hydrogen-bond acceptors (Lipinski definition) is 3.